The van der Waals surface area contributed by atoms with E-state index in [4.69, 9.17) is 4.63 Å². The molecule has 7 heteroatoms. The van der Waals surface area contributed by atoms with E-state index in [0.29, 0.717) is 12.1 Å². The molecule has 1 saturated heterocycles. The van der Waals surface area contributed by atoms with Crippen molar-refractivity contribution in [3.8, 4) is 5.69 Å². The van der Waals surface area contributed by atoms with E-state index in [1.54, 1.807) is 10.9 Å². The molecule has 2 aromatic heterocycles. The Labute approximate surface area is 138 Å². The molecule has 0 aliphatic carbocycles. The lowest BCUT2D eigenvalue weighted by Crippen LogP contribution is -2.31. The summed E-state index contributed by atoms with van der Waals surface area (Å²) >= 11 is 0. The quantitative estimate of drug-likeness (QED) is 0.740. The summed E-state index contributed by atoms with van der Waals surface area (Å²) < 4.78 is 6.55. The minimum absolute atomic E-state index is 0.00564. The third-order valence-electron chi connectivity index (χ3n) is 4.38. The summed E-state index contributed by atoms with van der Waals surface area (Å²) in [6.45, 7) is 2.56. The Balaban J connectivity index is 1.64. The van der Waals surface area contributed by atoms with E-state index >= 15 is 0 Å². The molecular formula is C17H17N5O2. The van der Waals surface area contributed by atoms with Crippen molar-refractivity contribution in [3.63, 3.8) is 0 Å². The van der Waals surface area contributed by atoms with Crippen LogP contribution in [0.1, 0.15) is 40.6 Å². The number of rotatable bonds is 3. The zero-order valence-corrected chi connectivity index (χ0v) is 13.3. The maximum absolute atomic E-state index is 13.0. The average molecular weight is 323 g/mol. The summed E-state index contributed by atoms with van der Waals surface area (Å²) in [5, 5.41) is 12.0. The first kappa shape index (κ1) is 14.6. The van der Waals surface area contributed by atoms with E-state index in [-0.39, 0.29) is 11.9 Å². The van der Waals surface area contributed by atoms with Crippen LogP contribution in [-0.4, -0.2) is 37.4 Å². The maximum atomic E-state index is 13.0. The molecule has 3 aromatic rings. The number of benzene rings is 1. The van der Waals surface area contributed by atoms with Gasteiger partial charge in [0, 0.05) is 24.5 Å². The molecule has 24 heavy (non-hydrogen) atoms. The van der Waals surface area contributed by atoms with Crippen LogP contribution in [0.25, 0.3) is 5.69 Å². The van der Waals surface area contributed by atoms with Crippen LogP contribution in [0.5, 0.6) is 0 Å². The molecule has 0 saturated carbocycles. The highest BCUT2D eigenvalue weighted by atomic mass is 16.6. The van der Waals surface area contributed by atoms with Crippen molar-refractivity contribution < 1.29 is 9.42 Å². The fourth-order valence-electron chi connectivity index (χ4n) is 3.20. The van der Waals surface area contributed by atoms with Crippen LogP contribution < -0.4 is 0 Å². The van der Waals surface area contributed by atoms with Crippen molar-refractivity contribution in [2.75, 3.05) is 6.54 Å². The van der Waals surface area contributed by atoms with E-state index in [0.717, 1.165) is 29.9 Å². The third kappa shape index (κ3) is 2.47. The van der Waals surface area contributed by atoms with Gasteiger partial charge in [-0.25, -0.2) is 9.31 Å². The number of aryl methyl sites for hydroxylation is 1. The molecule has 3 heterocycles. The van der Waals surface area contributed by atoms with E-state index in [1.165, 1.54) is 0 Å². The van der Waals surface area contributed by atoms with Crippen LogP contribution in [0.3, 0.4) is 0 Å². The number of nitrogens with zero attached hydrogens (tertiary/aromatic N) is 5. The Morgan fingerprint density at radius 2 is 2.21 bits per heavy atom. The summed E-state index contributed by atoms with van der Waals surface area (Å²) in [6, 6.07) is 9.27. The summed E-state index contributed by atoms with van der Waals surface area (Å²) in [5.41, 5.74) is 3.00. The van der Waals surface area contributed by atoms with Crippen LogP contribution in [0.2, 0.25) is 0 Å². The van der Waals surface area contributed by atoms with Gasteiger partial charge in [0.05, 0.1) is 11.7 Å². The van der Waals surface area contributed by atoms with Gasteiger partial charge in [-0.1, -0.05) is 16.4 Å². The van der Waals surface area contributed by atoms with Gasteiger partial charge in [0.1, 0.15) is 11.4 Å². The lowest BCUT2D eigenvalue weighted by Gasteiger charge is -2.23. The van der Waals surface area contributed by atoms with E-state index in [1.807, 2.05) is 48.4 Å². The Morgan fingerprint density at radius 3 is 2.96 bits per heavy atom. The molecule has 1 amide bonds. The van der Waals surface area contributed by atoms with Gasteiger partial charge in [0.15, 0.2) is 0 Å². The Hall–Kier alpha value is -2.96. The van der Waals surface area contributed by atoms with Crippen LogP contribution in [0, 0.1) is 6.92 Å². The van der Waals surface area contributed by atoms with Crippen LogP contribution in [-0.2, 0) is 0 Å². The summed E-state index contributed by atoms with van der Waals surface area (Å²) in [4.78, 5) is 14.9. The van der Waals surface area contributed by atoms with Crippen LogP contribution >= 0.6 is 0 Å². The van der Waals surface area contributed by atoms with Crippen molar-refractivity contribution in [1.82, 2.24) is 25.0 Å². The summed E-state index contributed by atoms with van der Waals surface area (Å²) in [7, 11) is 0. The fourth-order valence-corrected chi connectivity index (χ4v) is 3.20. The van der Waals surface area contributed by atoms with Gasteiger partial charge >= 0.3 is 0 Å². The lowest BCUT2D eigenvalue weighted by atomic mass is 10.1. The van der Waals surface area contributed by atoms with Crippen molar-refractivity contribution in [3.05, 3.63) is 59.7 Å². The third-order valence-corrected chi connectivity index (χ3v) is 4.38. The maximum Gasteiger partial charge on any atom is 0.254 e. The van der Waals surface area contributed by atoms with E-state index < -0.39 is 0 Å². The molecule has 0 spiro atoms. The average Bonchev–Trinajstić information content (AvgIpc) is 3.35. The largest absolute Gasteiger partial charge is 0.330 e. The number of aromatic nitrogens is 4. The van der Waals surface area contributed by atoms with Crippen LogP contribution in [0.15, 0.2) is 47.4 Å². The van der Waals surface area contributed by atoms with Gasteiger partial charge in [-0.3, -0.25) is 4.79 Å². The number of carbonyl (C=O) groups is 1. The molecule has 4 rings (SSSR count). The van der Waals surface area contributed by atoms with E-state index in [9.17, 15) is 4.79 Å². The first-order chi connectivity index (χ1) is 11.7. The van der Waals surface area contributed by atoms with E-state index in [2.05, 4.69) is 15.4 Å². The molecule has 1 aromatic carbocycles. The molecule has 1 aliphatic rings. The predicted molar refractivity (Wildman–Crippen MR) is 85.6 cm³/mol. The predicted octanol–water partition coefficient (Wildman–Crippen LogP) is 2.54. The molecule has 1 aliphatic heterocycles. The van der Waals surface area contributed by atoms with Crippen molar-refractivity contribution in [2.24, 2.45) is 0 Å². The lowest BCUT2D eigenvalue weighted by molar-refractivity contribution is 0.0730. The van der Waals surface area contributed by atoms with Crippen molar-refractivity contribution in [1.29, 1.82) is 0 Å². The fraction of sp³-hybridized carbons (Fsp3) is 0.294. The molecular weight excluding hydrogens is 306 g/mol. The molecule has 0 N–H and O–H groups in total. The van der Waals surface area contributed by atoms with Crippen LogP contribution in [0.4, 0.5) is 0 Å². The zero-order valence-electron chi connectivity index (χ0n) is 13.3. The minimum Gasteiger partial charge on any atom is -0.330 e. The highest BCUT2D eigenvalue weighted by molar-refractivity contribution is 5.95. The second-order valence-corrected chi connectivity index (χ2v) is 5.89. The Morgan fingerprint density at radius 1 is 1.29 bits per heavy atom. The molecule has 7 nitrogen and oxygen atoms in total. The highest BCUT2D eigenvalue weighted by Crippen LogP contribution is 2.33. The van der Waals surface area contributed by atoms with Gasteiger partial charge < -0.3 is 4.90 Å². The number of carbonyl (C=O) groups excluding carboxylic acids is 1. The molecule has 1 atom stereocenters. The molecule has 0 radical (unpaired) electrons. The standard InChI is InChI=1S/C17H17N5O2/c1-12-16(20-24-19-12)15-7-3-9-21(15)17(23)13-5-2-6-14(11-13)22-10-4-8-18-22/h2,4-6,8,10-11,15H,3,7,9H2,1H3/t15-/m0/s1. The first-order valence-electron chi connectivity index (χ1n) is 7.94. The smallest absolute Gasteiger partial charge is 0.254 e. The van der Waals surface area contributed by atoms with Gasteiger partial charge in [0.25, 0.3) is 5.91 Å². The van der Waals surface area contributed by atoms with Gasteiger partial charge in [0.2, 0.25) is 0 Å². The van der Waals surface area contributed by atoms with Crippen molar-refractivity contribution in [2.45, 2.75) is 25.8 Å². The first-order valence-corrected chi connectivity index (χ1v) is 7.94. The molecule has 0 unspecified atom stereocenters. The summed E-state index contributed by atoms with van der Waals surface area (Å²) in [5.74, 6) is -0.00564. The number of amides is 1. The van der Waals surface area contributed by atoms with Crippen molar-refractivity contribution >= 4 is 5.91 Å². The van der Waals surface area contributed by atoms with Gasteiger partial charge in [-0.05, 0) is 44.0 Å². The molecule has 0 bridgehead atoms. The Kier molecular flexibility index (Phi) is 3.60. The number of likely N-dealkylation sites (tertiary alicyclic amines) is 1. The SMILES string of the molecule is Cc1nonc1[C@@H]1CCCN1C(=O)c1cccc(-n2cccn2)c1. The number of hydrogen-bond donors (Lipinski definition) is 0. The normalized spacial score (nSPS) is 17.4. The number of hydrogen-bond acceptors (Lipinski definition) is 5. The highest BCUT2D eigenvalue weighted by Gasteiger charge is 2.34. The monoisotopic (exact) mass is 323 g/mol. The second kappa shape index (κ2) is 5.92. The van der Waals surface area contributed by atoms with Gasteiger partial charge in [-0.2, -0.15) is 5.10 Å². The zero-order chi connectivity index (χ0) is 16.5. The molecule has 122 valence electrons. The topological polar surface area (TPSA) is 77.0 Å². The Bertz CT molecular complexity index is 856. The minimum atomic E-state index is -0.0721. The van der Waals surface area contributed by atoms with Gasteiger partial charge in [-0.15, -0.1) is 0 Å². The molecule has 1 fully saturated rings. The summed E-state index contributed by atoms with van der Waals surface area (Å²) in [6.07, 6.45) is 5.39. The second-order valence-electron chi connectivity index (χ2n) is 5.89.